The minimum Gasteiger partial charge on any atom is -0.497 e. The molecule has 0 aliphatic heterocycles. The van der Waals surface area contributed by atoms with Crippen LogP contribution in [0.15, 0.2) is 23.1 Å². The molecule has 3 N–H and O–H groups in total. The van der Waals surface area contributed by atoms with Crippen LogP contribution in [0.2, 0.25) is 0 Å². The second kappa shape index (κ2) is 6.74. The van der Waals surface area contributed by atoms with Gasteiger partial charge in [0.2, 0.25) is 10.0 Å². The van der Waals surface area contributed by atoms with Gasteiger partial charge in [-0.1, -0.05) is 0 Å². The molecule has 7 heteroatoms. The van der Waals surface area contributed by atoms with Crippen molar-refractivity contribution < 1.29 is 17.9 Å². The lowest BCUT2D eigenvalue weighted by atomic mass is 10.3. The van der Waals surface area contributed by atoms with Gasteiger partial charge in [-0.15, -0.1) is 0 Å². The van der Waals surface area contributed by atoms with Crippen LogP contribution in [0.3, 0.4) is 0 Å². The third kappa shape index (κ3) is 4.38. The summed E-state index contributed by atoms with van der Waals surface area (Å²) in [5.74, 6) is 0.777. The zero-order valence-electron chi connectivity index (χ0n) is 11.3. The van der Waals surface area contributed by atoms with Gasteiger partial charge in [-0.05, 0) is 25.5 Å². The van der Waals surface area contributed by atoms with Crippen molar-refractivity contribution in [2.45, 2.75) is 24.3 Å². The molecular weight excluding hydrogens is 268 g/mol. The highest BCUT2D eigenvalue weighted by molar-refractivity contribution is 7.89. The average molecular weight is 288 g/mol. The summed E-state index contributed by atoms with van der Waals surface area (Å²) >= 11 is 0. The molecule has 1 rings (SSSR count). The first-order valence-electron chi connectivity index (χ1n) is 5.88. The molecule has 1 unspecified atom stereocenters. The van der Waals surface area contributed by atoms with E-state index in [0.29, 0.717) is 12.2 Å². The van der Waals surface area contributed by atoms with Crippen molar-refractivity contribution in [2.24, 2.45) is 5.73 Å². The summed E-state index contributed by atoms with van der Waals surface area (Å²) in [6, 6.07) is 4.50. The van der Waals surface area contributed by atoms with Crippen LogP contribution in [-0.2, 0) is 10.0 Å². The topological polar surface area (TPSA) is 90.7 Å². The lowest BCUT2D eigenvalue weighted by Gasteiger charge is -2.12. The van der Waals surface area contributed by atoms with Gasteiger partial charge in [0.1, 0.15) is 16.4 Å². The number of sulfonamides is 1. The van der Waals surface area contributed by atoms with E-state index in [2.05, 4.69) is 4.72 Å². The Hall–Kier alpha value is -1.31. The molecule has 0 amide bonds. The highest BCUT2D eigenvalue weighted by Gasteiger charge is 2.19. The predicted molar refractivity (Wildman–Crippen MR) is 73.0 cm³/mol. The Morgan fingerprint density at radius 1 is 1.32 bits per heavy atom. The van der Waals surface area contributed by atoms with Gasteiger partial charge in [-0.3, -0.25) is 0 Å². The van der Waals surface area contributed by atoms with Crippen molar-refractivity contribution in [2.75, 3.05) is 20.8 Å². The number of ether oxygens (including phenoxy) is 2. The highest BCUT2D eigenvalue weighted by Crippen LogP contribution is 2.28. The molecule has 0 spiro atoms. The molecule has 108 valence electrons. The van der Waals surface area contributed by atoms with E-state index in [1.165, 1.54) is 26.4 Å². The standard InChI is InChI=1S/C12H20N2O4S/c1-9(13)6-7-14-19(15,16)12-5-4-10(17-2)8-11(12)18-3/h4-5,8-9,14H,6-7,13H2,1-3H3. The Balaban J connectivity index is 2.94. The lowest BCUT2D eigenvalue weighted by molar-refractivity contribution is 0.386. The van der Waals surface area contributed by atoms with Crippen molar-refractivity contribution in [1.82, 2.24) is 4.72 Å². The first-order valence-corrected chi connectivity index (χ1v) is 7.36. The Bertz CT molecular complexity index is 514. The minimum atomic E-state index is -3.61. The monoisotopic (exact) mass is 288 g/mol. The highest BCUT2D eigenvalue weighted by atomic mass is 32.2. The maximum Gasteiger partial charge on any atom is 0.244 e. The van der Waals surface area contributed by atoms with Gasteiger partial charge in [-0.2, -0.15) is 0 Å². The van der Waals surface area contributed by atoms with Crippen LogP contribution >= 0.6 is 0 Å². The summed E-state index contributed by atoms with van der Waals surface area (Å²) in [4.78, 5) is 0.0838. The molecule has 6 nitrogen and oxygen atoms in total. The van der Waals surface area contributed by atoms with Gasteiger partial charge in [0.15, 0.2) is 0 Å². The fraction of sp³-hybridized carbons (Fsp3) is 0.500. The van der Waals surface area contributed by atoms with Gasteiger partial charge in [0.25, 0.3) is 0 Å². The second-order valence-corrected chi connectivity index (χ2v) is 5.92. The van der Waals surface area contributed by atoms with Gasteiger partial charge in [0.05, 0.1) is 14.2 Å². The minimum absolute atomic E-state index is 0.0551. The quantitative estimate of drug-likeness (QED) is 0.771. The maximum atomic E-state index is 12.1. The zero-order valence-corrected chi connectivity index (χ0v) is 12.2. The molecule has 0 bridgehead atoms. The molecule has 0 saturated heterocycles. The third-order valence-electron chi connectivity index (χ3n) is 2.55. The molecule has 0 radical (unpaired) electrons. The summed E-state index contributed by atoms with van der Waals surface area (Å²) in [5, 5.41) is 0. The molecule has 1 aromatic rings. The van der Waals surface area contributed by atoms with E-state index in [-0.39, 0.29) is 23.2 Å². The summed E-state index contributed by atoms with van der Waals surface area (Å²) in [6.07, 6.45) is 0.567. The third-order valence-corrected chi connectivity index (χ3v) is 4.05. The molecule has 0 aliphatic carbocycles. The SMILES string of the molecule is COc1ccc(S(=O)(=O)NCCC(C)N)c(OC)c1. The van der Waals surface area contributed by atoms with Crippen molar-refractivity contribution in [3.05, 3.63) is 18.2 Å². The number of hydrogen-bond donors (Lipinski definition) is 2. The molecular formula is C12H20N2O4S. The molecule has 0 heterocycles. The largest absolute Gasteiger partial charge is 0.497 e. The van der Waals surface area contributed by atoms with Gasteiger partial charge >= 0.3 is 0 Å². The summed E-state index contributed by atoms with van der Waals surface area (Å²) in [5.41, 5.74) is 5.58. The van der Waals surface area contributed by atoms with Gasteiger partial charge < -0.3 is 15.2 Å². The van der Waals surface area contributed by atoms with Crippen LogP contribution in [0.5, 0.6) is 11.5 Å². The van der Waals surface area contributed by atoms with E-state index in [1.807, 2.05) is 6.92 Å². The Kier molecular flexibility index (Phi) is 5.59. The maximum absolute atomic E-state index is 12.1. The average Bonchev–Trinajstić information content (AvgIpc) is 2.37. The van der Waals surface area contributed by atoms with Crippen LogP contribution < -0.4 is 19.9 Å². The second-order valence-electron chi connectivity index (χ2n) is 4.18. The number of methoxy groups -OCH3 is 2. The van der Waals surface area contributed by atoms with Crippen molar-refractivity contribution in [1.29, 1.82) is 0 Å². The predicted octanol–water partition coefficient (Wildman–Crippen LogP) is 0.719. The summed E-state index contributed by atoms with van der Waals surface area (Å²) < 4.78 is 36.8. The van der Waals surface area contributed by atoms with E-state index >= 15 is 0 Å². The number of benzene rings is 1. The Morgan fingerprint density at radius 2 is 2.00 bits per heavy atom. The number of rotatable bonds is 7. The fourth-order valence-corrected chi connectivity index (χ4v) is 2.69. The molecule has 0 saturated carbocycles. The fourth-order valence-electron chi connectivity index (χ4n) is 1.50. The summed E-state index contributed by atoms with van der Waals surface area (Å²) in [7, 11) is -0.694. The molecule has 0 aromatic heterocycles. The van der Waals surface area contributed by atoms with Gasteiger partial charge in [0, 0.05) is 18.7 Å². The molecule has 1 atom stereocenters. The van der Waals surface area contributed by atoms with Crippen molar-refractivity contribution in [3.63, 3.8) is 0 Å². The molecule has 0 fully saturated rings. The van der Waals surface area contributed by atoms with Crippen molar-refractivity contribution in [3.8, 4) is 11.5 Å². The zero-order chi connectivity index (χ0) is 14.5. The van der Waals surface area contributed by atoms with E-state index < -0.39 is 10.0 Å². The van der Waals surface area contributed by atoms with Crippen LogP contribution in [0.1, 0.15) is 13.3 Å². The normalized spacial score (nSPS) is 13.1. The number of hydrogen-bond acceptors (Lipinski definition) is 5. The molecule has 19 heavy (non-hydrogen) atoms. The van der Waals surface area contributed by atoms with Crippen molar-refractivity contribution >= 4 is 10.0 Å². The van der Waals surface area contributed by atoms with E-state index in [9.17, 15) is 8.42 Å². The Morgan fingerprint density at radius 3 is 2.53 bits per heavy atom. The summed E-state index contributed by atoms with van der Waals surface area (Å²) in [6.45, 7) is 2.11. The van der Waals surface area contributed by atoms with Crippen LogP contribution in [0.4, 0.5) is 0 Å². The van der Waals surface area contributed by atoms with Crippen LogP contribution in [-0.4, -0.2) is 35.2 Å². The molecule has 0 aliphatic rings. The van der Waals surface area contributed by atoms with E-state index in [0.717, 1.165) is 0 Å². The number of nitrogens with two attached hydrogens (primary N) is 1. The lowest BCUT2D eigenvalue weighted by Crippen LogP contribution is -2.29. The van der Waals surface area contributed by atoms with Gasteiger partial charge in [-0.25, -0.2) is 13.1 Å². The van der Waals surface area contributed by atoms with Crippen LogP contribution in [0, 0.1) is 0 Å². The molecule has 1 aromatic carbocycles. The van der Waals surface area contributed by atoms with Crippen LogP contribution in [0.25, 0.3) is 0 Å². The first kappa shape index (κ1) is 15.7. The van der Waals surface area contributed by atoms with E-state index in [4.69, 9.17) is 15.2 Å². The Labute approximate surface area is 113 Å². The van der Waals surface area contributed by atoms with E-state index in [1.54, 1.807) is 6.07 Å². The first-order chi connectivity index (χ1) is 8.90. The smallest absolute Gasteiger partial charge is 0.244 e. The number of nitrogens with one attached hydrogen (secondary N) is 1.